The Morgan fingerprint density at radius 1 is 0.946 bits per heavy atom. The summed E-state index contributed by atoms with van der Waals surface area (Å²) < 4.78 is 0. The number of nitrogens with two attached hydrogens (primary N) is 1. The Bertz CT molecular complexity index is 1380. The zero-order valence-corrected chi connectivity index (χ0v) is 21.4. The van der Waals surface area contributed by atoms with Gasteiger partial charge in [0.1, 0.15) is 5.69 Å². The first kappa shape index (κ1) is 24.8. The van der Waals surface area contributed by atoms with Crippen LogP contribution in [0.2, 0.25) is 0 Å². The summed E-state index contributed by atoms with van der Waals surface area (Å²) in [5.74, 6) is -0.231. The number of benzene rings is 2. The molecule has 0 bridgehead atoms. The molecule has 1 saturated heterocycles. The molecule has 5 rings (SSSR count). The molecule has 0 unspecified atom stereocenters. The van der Waals surface area contributed by atoms with Gasteiger partial charge in [0.25, 0.3) is 5.91 Å². The van der Waals surface area contributed by atoms with Crippen LogP contribution in [0.5, 0.6) is 0 Å². The SMILES string of the molecule is Cc1ccc(-c2cc(CN3CCC[C@H](N)C3)cc(NC(=O)c3cc(-c4ccccc4)cc(C)n3)c2)cn1. The Kier molecular flexibility index (Phi) is 7.40. The van der Waals surface area contributed by atoms with Crippen molar-refractivity contribution in [2.45, 2.75) is 39.3 Å². The second-order valence-electron chi connectivity index (χ2n) is 9.95. The van der Waals surface area contributed by atoms with Crippen molar-refractivity contribution in [1.29, 1.82) is 0 Å². The Hall–Kier alpha value is -3.87. The summed E-state index contributed by atoms with van der Waals surface area (Å²) in [7, 11) is 0. The molecule has 0 saturated carbocycles. The smallest absolute Gasteiger partial charge is 0.274 e. The predicted octanol–water partition coefficient (Wildman–Crippen LogP) is 5.60. The molecule has 3 heterocycles. The molecule has 0 aliphatic carbocycles. The minimum absolute atomic E-state index is 0.212. The van der Waals surface area contributed by atoms with E-state index in [4.69, 9.17) is 5.73 Å². The van der Waals surface area contributed by atoms with Crippen LogP contribution < -0.4 is 11.1 Å². The number of carbonyl (C=O) groups is 1. The molecule has 0 spiro atoms. The van der Waals surface area contributed by atoms with E-state index in [0.29, 0.717) is 5.69 Å². The van der Waals surface area contributed by atoms with E-state index in [-0.39, 0.29) is 11.9 Å². The maximum absolute atomic E-state index is 13.4. The molecule has 2 aromatic heterocycles. The van der Waals surface area contributed by atoms with Crippen molar-refractivity contribution in [3.05, 3.63) is 102 Å². The predicted molar refractivity (Wildman–Crippen MR) is 149 cm³/mol. The first-order valence-corrected chi connectivity index (χ1v) is 12.8. The summed E-state index contributed by atoms with van der Waals surface area (Å²) in [6.07, 6.45) is 4.06. The molecule has 1 atom stereocenters. The summed E-state index contributed by atoms with van der Waals surface area (Å²) in [5.41, 5.74) is 14.3. The molecule has 188 valence electrons. The highest BCUT2D eigenvalue weighted by molar-refractivity contribution is 6.04. The molecule has 2 aromatic carbocycles. The lowest BCUT2D eigenvalue weighted by Crippen LogP contribution is -2.42. The van der Waals surface area contributed by atoms with Crippen molar-refractivity contribution < 1.29 is 4.79 Å². The van der Waals surface area contributed by atoms with Crippen molar-refractivity contribution in [3.63, 3.8) is 0 Å². The van der Waals surface area contributed by atoms with Crippen LogP contribution in [0, 0.1) is 13.8 Å². The Morgan fingerprint density at radius 2 is 1.76 bits per heavy atom. The maximum Gasteiger partial charge on any atom is 0.274 e. The van der Waals surface area contributed by atoms with Crippen LogP contribution in [-0.2, 0) is 6.54 Å². The molecule has 1 aliphatic rings. The molecule has 4 aromatic rings. The second kappa shape index (κ2) is 11.0. The van der Waals surface area contributed by atoms with Gasteiger partial charge in [0, 0.05) is 48.0 Å². The summed E-state index contributed by atoms with van der Waals surface area (Å²) in [5, 5.41) is 3.11. The highest BCUT2D eigenvalue weighted by atomic mass is 16.1. The normalized spacial score (nSPS) is 15.9. The number of aryl methyl sites for hydroxylation is 2. The molecule has 37 heavy (non-hydrogen) atoms. The quantitative estimate of drug-likeness (QED) is 0.367. The lowest BCUT2D eigenvalue weighted by Gasteiger charge is -2.30. The first-order chi connectivity index (χ1) is 17.9. The number of hydrogen-bond donors (Lipinski definition) is 2. The van der Waals surface area contributed by atoms with E-state index in [2.05, 4.69) is 38.4 Å². The molecule has 1 amide bonds. The molecule has 6 nitrogen and oxygen atoms in total. The minimum atomic E-state index is -0.231. The Morgan fingerprint density at radius 3 is 2.51 bits per heavy atom. The highest BCUT2D eigenvalue weighted by Crippen LogP contribution is 2.27. The fourth-order valence-corrected chi connectivity index (χ4v) is 4.93. The van der Waals surface area contributed by atoms with Crippen LogP contribution in [0.3, 0.4) is 0 Å². The molecule has 6 heteroatoms. The van der Waals surface area contributed by atoms with E-state index in [0.717, 1.165) is 77.4 Å². The van der Waals surface area contributed by atoms with Crippen molar-refractivity contribution in [1.82, 2.24) is 14.9 Å². The van der Waals surface area contributed by atoms with Crippen LogP contribution in [-0.4, -0.2) is 39.9 Å². The van der Waals surface area contributed by atoms with Crippen LogP contribution in [0.1, 0.15) is 40.3 Å². The van der Waals surface area contributed by atoms with E-state index < -0.39 is 0 Å². The van der Waals surface area contributed by atoms with Crippen LogP contribution in [0.4, 0.5) is 5.69 Å². The third-order valence-electron chi connectivity index (χ3n) is 6.74. The van der Waals surface area contributed by atoms with Gasteiger partial charge in [-0.1, -0.05) is 36.4 Å². The Labute approximate surface area is 218 Å². The van der Waals surface area contributed by atoms with Crippen LogP contribution in [0.25, 0.3) is 22.3 Å². The lowest BCUT2D eigenvalue weighted by molar-refractivity contribution is 0.102. The first-order valence-electron chi connectivity index (χ1n) is 12.8. The summed E-state index contributed by atoms with van der Waals surface area (Å²) in [4.78, 5) is 24.8. The number of aromatic nitrogens is 2. The third kappa shape index (κ3) is 6.28. The zero-order chi connectivity index (χ0) is 25.8. The average molecular weight is 492 g/mol. The van der Waals surface area contributed by atoms with Crippen molar-refractivity contribution >= 4 is 11.6 Å². The number of likely N-dealkylation sites (tertiary alicyclic amines) is 1. The van der Waals surface area contributed by atoms with Crippen LogP contribution >= 0.6 is 0 Å². The monoisotopic (exact) mass is 491 g/mol. The second-order valence-corrected chi connectivity index (χ2v) is 9.95. The van der Waals surface area contributed by atoms with Crippen LogP contribution in [0.15, 0.2) is 79.0 Å². The summed E-state index contributed by atoms with van der Waals surface area (Å²) in [6.45, 7) is 6.58. The fourth-order valence-electron chi connectivity index (χ4n) is 4.93. The topological polar surface area (TPSA) is 84.1 Å². The van der Waals surface area contributed by atoms with Gasteiger partial charge in [0.05, 0.1) is 0 Å². The minimum Gasteiger partial charge on any atom is -0.327 e. The van der Waals surface area contributed by atoms with E-state index in [1.165, 1.54) is 0 Å². The fraction of sp³-hybridized carbons (Fsp3) is 0.258. The third-order valence-corrected chi connectivity index (χ3v) is 6.74. The maximum atomic E-state index is 13.4. The van der Waals surface area contributed by atoms with E-state index >= 15 is 0 Å². The number of amides is 1. The zero-order valence-electron chi connectivity index (χ0n) is 21.4. The molecule has 0 radical (unpaired) electrons. The largest absolute Gasteiger partial charge is 0.327 e. The van der Waals surface area contributed by atoms with Gasteiger partial charge >= 0.3 is 0 Å². The number of nitrogens with zero attached hydrogens (tertiary/aromatic N) is 3. The van der Waals surface area contributed by atoms with E-state index in [9.17, 15) is 4.79 Å². The van der Waals surface area contributed by atoms with E-state index in [1.54, 1.807) is 0 Å². The number of rotatable bonds is 6. The average Bonchev–Trinajstić information content (AvgIpc) is 2.89. The van der Waals surface area contributed by atoms with Crippen molar-refractivity contribution in [3.8, 4) is 22.3 Å². The van der Waals surface area contributed by atoms with Crippen molar-refractivity contribution in [2.24, 2.45) is 5.73 Å². The van der Waals surface area contributed by atoms with Gasteiger partial charge in [-0.25, -0.2) is 4.98 Å². The number of hydrogen-bond acceptors (Lipinski definition) is 5. The standard InChI is InChI=1S/C31H33N5O/c1-21-10-11-25(18-33-21)27-14-23(19-36-12-6-9-28(32)20-36)15-29(16-27)35-31(37)30-17-26(13-22(2)34-30)24-7-4-3-5-8-24/h3-5,7-8,10-11,13-18,28H,6,9,12,19-20,32H2,1-2H3,(H,35,37)/t28-/m0/s1. The number of carbonyl (C=O) groups excluding carboxylic acids is 1. The van der Waals surface area contributed by atoms with Gasteiger partial charge in [0.15, 0.2) is 0 Å². The number of nitrogens with one attached hydrogen (secondary N) is 1. The Balaban J connectivity index is 1.45. The summed E-state index contributed by atoms with van der Waals surface area (Å²) in [6, 6.07) is 24.4. The molecule has 3 N–H and O–H groups in total. The van der Waals surface area contributed by atoms with Gasteiger partial charge in [-0.3, -0.25) is 14.7 Å². The molecular weight excluding hydrogens is 458 g/mol. The van der Waals surface area contributed by atoms with E-state index in [1.807, 2.05) is 74.6 Å². The van der Waals surface area contributed by atoms with Gasteiger partial charge in [-0.05, 0) is 91.9 Å². The number of pyridine rings is 2. The lowest BCUT2D eigenvalue weighted by atomic mass is 10.0. The highest BCUT2D eigenvalue weighted by Gasteiger charge is 2.18. The molecular formula is C31H33N5O. The van der Waals surface area contributed by atoms with Gasteiger partial charge in [-0.15, -0.1) is 0 Å². The summed E-state index contributed by atoms with van der Waals surface area (Å²) >= 11 is 0. The molecule has 1 aliphatic heterocycles. The van der Waals surface area contributed by atoms with Crippen molar-refractivity contribution in [2.75, 3.05) is 18.4 Å². The number of piperidine rings is 1. The van der Waals surface area contributed by atoms with Gasteiger partial charge in [-0.2, -0.15) is 0 Å². The van der Waals surface area contributed by atoms with Gasteiger partial charge in [0.2, 0.25) is 0 Å². The van der Waals surface area contributed by atoms with Gasteiger partial charge < -0.3 is 11.1 Å². The molecule has 1 fully saturated rings. The number of anilines is 1.